The molecule has 21 heavy (non-hydrogen) atoms. The smallest absolute Gasteiger partial charge is 0.417 e. The van der Waals surface area contributed by atoms with Crippen LogP contribution in [0, 0.1) is 11.3 Å². The average molecular weight is 300 g/mol. The van der Waals surface area contributed by atoms with Gasteiger partial charge in [-0.1, -0.05) is 13.3 Å². The number of nitrogens with one attached hydrogen (secondary N) is 1. The lowest BCUT2D eigenvalue weighted by Gasteiger charge is -2.27. The molecule has 6 heteroatoms. The molecule has 1 fully saturated rings. The highest BCUT2D eigenvalue weighted by Gasteiger charge is 2.34. The first-order chi connectivity index (χ1) is 9.77. The third kappa shape index (κ3) is 3.89. The molecule has 1 aliphatic rings. The van der Waals surface area contributed by atoms with Gasteiger partial charge >= 0.3 is 6.18 Å². The van der Waals surface area contributed by atoms with Gasteiger partial charge < -0.3 is 10.5 Å². The lowest BCUT2D eigenvalue weighted by Crippen LogP contribution is -2.24. The molecule has 0 aromatic heterocycles. The van der Waals surface area contributed by atoms with Gasteiger partial charge in [0.2, 0.25) is 0 Å². The molecule has 1 aromatic rings. The number of rotatable bonds is 3. The second kappa shape index (κ2) is 5.95. The molecule has 1 aromatic carbocycles. The molecule has 0 amide bonds. The predicted molar refractivity (Wildman–Crippen MR) is 74.5 cm³/mol. The fraction of sp³-hybridized carbons (Fsp3) is 0.533. The number of ether oxygens (including phenoxy) is 1. The lowest BCUT2D eigenvalue weighted by molar-refractivity contribution is -0.137. The number of benzene rings is 1. The highest BCUT2D eigenvalue weighted by molar-refractivity contribution is 5.97. The van der Waals surface area contributed by atoms with Crippen molar-refractivity contribution in [3.63, 3.8) is 0 Å². The van der Waals surface area contributed by atoms with Crippen LogP contribution in [-0.4, -0.2) is 11.9 Å². The van der Waals surface area contributed by atoms with Crippen molar-refractivity contribution in [3.05, 3.63) is 29.3 Å². The van der Waals surface area contributed by atoms with E-state index in [1.807, 2.05) is 0 Å². The minimum Gasteiger partial charge on any atom is -0.490 e. The number of halogens is 3. The first-order valence-electron chi connectivity index (χ1n) is 6.99. The van der Waals surface area contributed by atoms with E-state index in [2.05, 4.69) is 6.92 Å². The summed E-state index contributed by atoms with van der Waals surface area (Å²) in [6.07, 6.45) is -0.487. The highest BCUT2D eigenvalue weighted by Crippen LogP contribution is 2.34. The van der Waals surface area contributed by atoms with Crippen LogP contribution in [0.5, 0.6) is 5.75 Å². The van der Waals surface area contributed by atoms with E-state index in [4.69, 9.17) is 15.9 Å². The summed E-state index contributed by atoms with van der Waals surface area (Å²) in [5.74, 6) is 0.294. The first-order valence-corrected chi connectivity index (χ1v) is 6.99. The largest absolute Gasteiger partial charge is 0.490 e. The zero-order valence-electron chi connectivity index (χ0n) is 11.8. The van der Waals surface area contributed by atoms with Crippen molar-refractivity contribution in [2.45, 2.75) is 44.9 Å². The van der Waals surface area contributed by atoms with Crippen LogP contribution < -0.4 is 10.5 Å². The molecular formula is C15H19F3N2O. The molecule has 116 valence electrons. The Morgan fingerprint density at radius 1 is 1.33 bits per heavy atom. The molecule has 3 N–H and O–H groups in total. The molecule has 0 bridgehead atoms. The number of amidine groups is 1. The fourth-order valence-corrected chi connectivity index (χ4v) is 2.74. The Kier molecular flexibility index (Phi) is 4.44. The summed E-state index contributed by atoms with van der Waals surface area (Å²) in [5.41, 5.74) is 4.03. The minimum atomic E-state index is -4.53. The number of nitrogens with two attached hydrogens (primary N) is 1. The van der Waals surface area contributed by atoms with E-state index >= 15 is 0 Å². The van der Waals surface area contributed by atoms with Crippen LogP contribution in [-0.2, 0) is 6.18 Å². The molecule has 2 atom stereocenters. The summed E-state index contributed by atoms with van der Waals surface area (Å²) in [4.78, 5) is 0. The zero-order chi connectivity index (χ0) is 15.6. The minimum absolute atomic E-state index is 0.0188. The number of alkyl halides is 3. The maximum absolute atomic E-state index is 12.9. The van der Waals surface area contributed by atoms with Crippen LogP contribution >= 0.6 is 0 Å². The number of nitrogen functional groups attached to an aromatic ring is 1. The van der Waals surface area contributed by atoms with Crippen molar-refractivity contribution in [2.75, 3.05) is 0 Å². The predicted octanol–water partition coefficient (Wildman–Crippen LogP) is 3.95. The summed E-state index contributed by atoms with van der Waals surface area (Å²) in [7, 11) is 0. The third-order valence-electron chi connectivity index (χ3n) is 3.78. The third-order valence-corrected chi connectivity index (χ3v) is 3.78. The van der Waals surface area contributed by atoms with Crippen molar-refractivity contribution in [1.82, 2.24) is 0 Å². The van der Waals surface area contributed by atoms with E-state index in [0.717, 1.165) is 31.7 Å². The molecule has 0 heterocycles. The Morgan fingerprint density at radius 3 is 2.62 bits per heavy atom. The molecule has 0 saturated heterocycles. The molecule has 1 saturated carbocycles. The molecule has 2 unspecified atom stereocenters. The van der Waals surface area contributed by atoms with E-state index in [1.165, 1.54) is 12.1 Å². The van der Waals surface area contributed by atoms with E-state index in [1.54, 1.807) is 0 Å². The Balaban J connectivity index is 2.22. The second-order valence-electron chi connectivity index (χ2n) is 5.63. The SMILES string of the molecule is CC1CCCC(Oc2ccc(C(F)(F)F)c(C(=N)N)c2)C1. The monoisotopic (exact) mass is 300 g/mol. The van der Waals surface area contributed by atoms with Crippen LogP contribution in [0.4, 0.5) is 13.2 Å². The molecule has 2 rings (SSSR count). The van der Waals surface area contributed by atoms with Crippen molar-refractivity contribution >= 4 is 5.84 Å². The van der Waals surface area contributed by atoms with Crippen LogP contribution in [0.1, 0.15) is 43.7 Å². The van der Waals surface area contributed by atoms with Crippen molar-refractivity contribution in [1.29, 1.82) is 5.41 Å². The van der Waals surface area contributed by atoms with Crippen molar-refractivity contribution in [2.24, 2.45) is 11.7 Å². The number of hydrogen-bond donors (Lipinski definition) is 2. The summed E-state index contributed by atoms with van der Waals surface area (Å²) in [6.45, 7) is 2.14. The Morgan fingerprint density at radius 2 is 2.05 bits per heavy atom. The van der Waals surface area contributed by atoms with Crippen molar-refractivity contribution in [3.8, 4) is 5.75 Å². The maximum atomic E-state index is 12.9. The van der Waals surface area contributed by atoms with Gasteiger partial charge in [-0.2, -0.15) is 13.2 Å². The van der Waals surface area contributed by atoms with Crippen LogP contribution in [0.25, 0.3) is 0 Å². The fourth-order valence-electron chi connectivity index (χ4n) is 2.74. The Hall–Kier alpha value is -1.72. The van der Waals surface area contributed by atoms with Gasteiger partial charge in [0.15, 0.2) is 0 Å². The molecule has 0 spiro atoms. The average Bonchev–Trinajstić information content (AvgIpc) is 2.37. The zero-order valence-corrected chi connectivity index (χ0v) is 11.8. The first kappa shape index (κ1) is 15.7. The number of hydrogen-bond acceptors (Lipinski definition) is 2. The summed E-state index contributed by atoms with van der Waals surface area (Å²) in [5, 5.41) is 7.33. The van der Waals surface area contributed by atoms with Gasteiger partial charge in [0.25, 0.3) is 0 Å². The normalized spacial score (nSPS) is 22.9. The van der Waals surface area contributed by atoms with Gasteiger partial charge in [0.05, 0.1) is 11.7 Å². The van der Waals surface area contributed by atoms with Gasteiger partial charge in [0, 0.05) is 5.56 Å². The Bertz CT molecular complexity index is 528. The second-order valence-corrected chi connectivity index (χ2v) is 5.63. The lowest BCUT2D eigenvalue weighted by atomic mass is 9.88. The van der Waals surface area contributed by atoms with Gasteiger partial charge in [-0.25, -0.2) is 0 Å². The van der Waals surface area contributed by atoms with Gasteiger partial charge in [0.1, 0.15) is 11.6 Å². The summed E-state index contributed by atoms with van der Waals surface area (Å²) in [6, 6.07) is 3.44. The van der Waals surface area contributed by atoms with Crippen LogP contribution in [0.2, 0.25) is 0 Å². The van der Waals surface area contributed by atoms with E-state index in [-0.39, 0.29) is 11.7 Å². The van der Waals surface area contributed by atoms with E-state index in [9.17, 15) is 13.2 Å². The maximum Gasteiger partial charge on any atom is 0.417 e. The topological polar surface area (TPSA) is 59.1 Å². The summed E-state index contributed by atoms with van der Waals surface area (Å²) < 4.78 is 44.3. The standard InChI is InChI=1S/C15H19F3N2O/c1-9-3-2-4-10(7-9)21-11-5-6-13(15(16,17)18)12(8-11)14(19)20/h5-6,8-10H,2-4,7H2,1H3,(H3,19,20). The van der Waals surface area contributed by atoms with Gasteiger partial charge in [-0.3, -0.25) is 5.41 Å². The molecule has 1 aliphatic carbocycles. The molecular weight excluding hydrogens is 281 g/mol. The van der Waals surface area contributed by atoms with Gasteiger partial charge in [-0.05, 0) is 43.4 Å². The highest BCUT2D eigenvalue weighted by atomic mass is 19.4. The Labute approximate surface area is 121 Å². The summed E-state index contributed by atoms with van der Waals surface area (Å²) >= 11 is 0. The quantitative estimate of drug-likeness (QED) is 0.656. The van der Waals surface area contributed by atoms with Gasteiger partial charge in [-0.15, -0.1) is 0 Å². The van der Waals surface area contributed by atoms with Crippen molar-refractivity contribution < 1.29 is 17.9 Å². The van der Waals surface area contributed by atoms with E-state index in [0.29, 0.717) is 11.7 Å². The van der Waals surface area contributed by atoms with Crippen LogP contribution in [0.15, 0.2) is 18.2 Å². The molecule has 0 aliphatic heterocycles. The molecule has 3 nitrogen and oxygen atoms in total. The van der Waals surface area contributed by atoms with E-state index < -0.39 is 17.6 Å². The molecule has 0 radical (unpaired) electrons. The van der Waals surface area contributed by atoms with Crippen LogP contribution in [0.3, 0.4) is 0 Å².